The van der Waals surface area contributed by atoms with Gasteiger partial charge in [0.1, 0.15) is 28.7 Å². The number of aliphatic imine (C=N–C) groups is 1. The van der Waals surface area contributed by atoms with Gasteiger partial charge in [0.25, 0.3) is 0 Å². The molecule has 8 rings (SSSR count). The molecule has 2 amide bonds. The minimum atomic E-state index is -0.956. The van der Waals surface area contributed by atoms with E-state index in [9.17, 15) is 19.8 Å². The summed E-state index contributed by atoms with van der Waals surface area (Å²) in [6, 6.07) is 10.3. The molecule has 7 atom stereocenters. The number of ether oxygens (including phenoxy) is 3. The summed E-state index contributed by atoms with van der Waals surface area (Å²) in [6.45, 7) is 11.6. The number of pyridine rings is 1. The fourth-order valence-electron chi connectivity index (χ4n) is 10.5. The molecule has 2 saturated carbocycles. The van der Waals surface area contributed by atoms with Crippen molar-refractivity contribution in [1.82, 2.24) is 14.8 Å². The topological polar surface area (TPSA) is 160 Å². The van der Waals surface area contributed by atoms with E-state index >= 15 is 0 Å². The Morgan fingerprint density at radius 3 is 2.54 bits per heavy atom. The van der Waals surface area contributed by atoms with Crippen molar-refractivity contribution in [2.75, 3.05) is 13.1 Å². The standard InChI is InChI=1S/C40H51N5O7/c1-36(2,3)51-34(47)43-33(41)44(35(48)52-37(4,5)6)18-12-8-7-9-13-19-45-28-21-24-16-17-27(46)31-29(24)38-22-39(45,40(28,38)49)25-20-23-14-10-11-15-26(23)42-30(25)32(38)50-31/h10-11,14-17,20,24,28-29,32,46,49H,7-9,12-13,18-19,21-22H2,1-6H3,(H2,41,43,47)/t24?,28-,29?,32+,38+,39?,40-/m1/s1. The molecule has 6 aliphatic rings. The lowest BCUT2D eigenvalue weighted by molar-refractivity contribution is -0.441. The number of guanidine groups is 1. The average Bonchev–Trinajstić information content (AvgIpc) is 3.42. The number of hydrogen-bond donors (Lipinski definition) is 3. The number of likely N-dealkylation sites (tertiary alicyclic amines) is 1. The largest absolute Gasteiger partial charge is 0.504 e. The van der Waals surface area contributed by atoms with Crippen LogP contribution >= 0.6 is 0 Å². The van der Waals surface area contributed by atoms with Gasteiger partial charge in [0.05, 0.1) is 22.2 Å². The normalized spacial score (nSPS) is 32.3. The van der Waals surface area contributed by atoms with E-state index in [1.54, 1.807) is 47.6 Å². The molecule has 2 aromatic rings. The Morgan fingerprint density at radius 2 is 1.79 bits per heavy atom. The molecule has 2 aliphatic heterocycles. The quantitative estimate of drug-likeness (QED) is 0.152. The minimum Gasteiger partial charge on any atom is -0.504 e. The number of hydrogen-bond acceptors (Lipinski definition) is 9. The first kappa shape index (κ1) is 34.9. The van der Waals surface area contributed by atoms with Gasteiger partial charge in [-0.3, -0.25) is 4.90 Å². The maximum absolute atomic E-state index is 13.0. The smallest absolute Gasteiger partial charge is 0.437 e. The number of carbonyl (C=O) groups is 2. The van der Waals surface area contributed by atoms with Gasteiger partial charge >= 0.3 is 12.2 Å². The van der Waals surface area contributed by atoms with Crippen molar-refractivity contribution in [3.05, 3.63) is 65.3 Å². The number of unbranched alkanes of at least 4 members (excludes halogenated alkanes) is 4. The summed E-state index contributed by atoms with van der Waals surface area (Å²) in [7, 11) is 0. The number of aliphatic hydroxyl groups is 2. The van der Waals surface area contributed by atoms with Crippen molar-refractivity contribution >= 4 is 29.0 Å². The highest BCUT2D eigenvalue weighted by molar-refractivity contribution is 5.98. The molecule has 12 heteroatoms. The summed E-state index contributed by atoms with van der Waals surface area (Å²) in [6.07, 6.45) is 7.92. The molecule has 278 valence electrons. The second-order valence-corrected chi connectivity index (χ2v) is 17.5. The fraction of sp³-hybridized carbons (Fsp3) is 0.600. The monoisotopic (exact) mass is 713 g/mol. The number of nitrogens with zero attached hydrogens (tertiary/aromatic N) is 4. The Morgan fingerprint density at radius 1 is 1.08 bits per heavy atom. The molecule has 52 heavy (non-hydrogen) atoms. The molecule has 2 bridgehead atoms. The zero-order valence-electron chi connectivity index (χ0n) is 31.0. The van der Waals surface area contributed by atoms with E-state index in [4.69, 9.17) is 24.9 Å². The molecule has 1 spiro atoms. The summed E-state index contributed by atoms with van der Waals surface area (Å²) < 4.78 is 17.5. The number of amides is 2. The second kappa shape index (κ2) is 11.7. The molecule has 3 heterocycles. The fourth-order valence-corrected chi connectivity index (χ4v) is 10.5. The molecule has 0 radical (unpaired) electrons. The molecule has 4 fully saturated rings. The number of rotatable bonds is 8. The van der Waals surface area contributed by atoms with Crippen LogP contribution < -0.4 is 5.73 Å². The third-order valence-corrected chi connectivity index (χ3v) is 12.2. The minimum absolute atomic E-state index is 0.00733. The Balaban J connectivity index is 0.953. The zero-order valence-corrected chi connectivity index (χ0v) is 31.0. The van der Waals surface area contributed by atoms with Crippen molar-refractivity contribution in [2.45, 2.75) is 121 Å². The van der Waals surface area contributed by atoms with E-state index in [2.05, 4.69) is 28.1 Å². The van der Waals surface area contributed by atoms with Crippen LogP contribution in [0.25, 0.3) is 10.9 Å². The van der Waals surface area contributed by atoms with Crippen LogP contribution in [0, 0.1) is 17.3 Å². The van der Waals surface area contributed by atoms with Gasteiger partial charge in [-0.2, -0.15) is 0 Å². The lowest BCUT2D eigenvalue weighted by atomic mass is 9.26. The number of nitrogens with two attached hydrogens (primary N) is 1. The summed E-state index contributed by atoms with van der Waals surface area (Å²) in [4.78, 5) is 38.1. The maximum atomic E-state index is 13.0. The highest BCUT2D eigenvalue weighted by atomic mass is 16.6. The van der Waals surface area contributed by atoms with Gasteiger partial charge < -0.3 is 30.2 Å². The number of fused-ring (bicyclic) bond motifs is 3. The van der Waals surface area contributed by atoms with E-state index in [0.717, 1.165) is 67.2 Å². The van der Waals surface area contributed by atoms with E-state index in [1.165, 1.54) is 4.90 Å². The Hall–Kier alpha value is -4.16. The van der Waals surface area contributed by atoms with E-state index in [1.807, 2.05) is 18.2 Å². The van der Waals surface area contributed by atoms with Crippen molar-refractivity contribution in [3.8, 4) is 0 Å². The van der Waals surface area contributed by atoms with Crippen LogP contribution in [0.15, 0.2) is 59.0 Å². The summed E-state index contributed by atoms with van der Waals surface area (Å²) in [5.74, 6) is 0.682. The van der Waals surface area contributed by atoms with Crippen molar-refractivity contribution < 1.29 is 34.0 Å². The molecule has 1 aromatic heterocycles. The van der Waals surface area contributed by atoms with Gasteiger partial charge in [0, 0.05) is 29.5 Å². The molecular weight excluding hydrogens is 662 g/mol. The van der Waals surface area contributed by atoms with E-state index in [-0.39, 0.29) is 36.1 Å². The van der Waals surface area contributed by atoms with E-state index in [0.29, 0.717) is 12.2 Å². The Labute approximate surface area is 304 Å². The lowest BCUT2D eigenvalue weighted by Crippen LogP contribution is -2.98. The summed E-state index contributed by atoms with van der Waals surface area (Å²) in [5.41, 5.74) is 5.52. The van der Waals surface area contributed by atoms with Crippen LogP contribution in [-0.4, -0.2) is 79.1 Å². The number of benzene rings is 1. The predicted molar refractivity (Wildman–Crippen MR) is 194 cm³/mol. The third kappa shape index (κ3) is 4.85. The molecular formula is C40H51N5O7. The highest BCUT2D eigenvalue weighted by Crippen LogP contribution is 2.88. The third-order valence-electron chi connectivity index (χ3n) is 12.2. The van der Waals surface area contributed by atoms with Gasteiger partial charge in [-0.15, -0.1) is 4.99 Å². The first-order valence-electron chi connectivity index (χ1n) is 18.8. The number of allylic oxidation sites excluding steroid dienone is 3. The molecule has 2 saturated heterocycles. The van der Waals surface area contributed by atoms with Crippen LogP contribution in [-0.2, 0) is 19.7 Å². The Bertz CT molecular complexity index is 1930. The first-order valence-corrected chi connectivity index (χ1v) is 18.8. The number of aromatic nitrogens is 1. The lowest BCUT2D eigenvalue weighted by Gasteiger charge is -2.87. The number of aliphatic hydroxyl groups excluding tert-OH is 1. The SMILES string of the molecule is CC(C)(C)OC(=O)/N=C(\N)N(CCCCCCCN1[C@@H]2CC3C=CC(O)=C4O[C@H]5c6nc7ccccc7cc6C16C[C@@]5(C43)[C@]26O)C(=O)OC(C)(C)C. The number of carbonyl (C=O) groups excluding carboxylic acids is 2. The van der Waals surface area contributed by atoms with Crippen LogP contribution in [0.4, 0.5) is 9.59 Å². The van der Waals surface area contributed by atoms with Crippen LogP contribution in [0.2, 0.25) is 0 Å². The average molecular weight is 714 g/mol. The summed E-state index contributed by atoms with van der Waals surface area (Å²) >= 11 is 0. The Kier molecular flexibility index (Phi) is 7.83. The van der Waals surface area contributed by atoms with Crippen molar-refractivity contribution in [1.29, 1.82) is 0 Å². The molecule has 4 N–H and O–H groups in total. The maximum Gasteiger partial charge on any atom is 0.437 e. The second-order valence-electron chi connectivity index (χ2n) is 17.5. The van der Waals surface area contributed by atoms with Crippen LogP contribution in [0.1, 0.15) is 104 Å². The van der Waals surface area contributed by atoms with Crippen molar-refractivity contribution in [3.63, 3.8) is 0 Å². The molecule has 4 aliphatic carbocycles. The predicted octanol–water partition coefficient (Wildman–Crippen LogP) is 6.73. The number of para-hydroxylation sites is 1. The molecule has 3 unspecified atom stereocenters. The first-order chi connectivity index (χ1) is 24.5. The van der Waals surface area contributed by atoms with Gasteiger partial charge in [0.15, 0.2) is 5.76 Å². The highest BCUT2D eigenvalue weighted by Gasteiger charge is 2.96. The van der Waals surface area contributed by atoms with Gasteiger partial charge in [0.2, 0.25) is 5.96 Å². The summed E-state index contributed by atoms with van der Waals surface area (Å²) in [5, 5.41) is 24.9. The number of piperidine rings is 1. The van der Waals surface area contributed by atoms with Crippen LogP contribution in [0.5, 0.6) is 0 Å². The van der Waals surface area contributed by atoms with Gasteiger partial charge in [-0.05, 0) is 97.9 Å². The van der Waals surface area contributed by atoms with Gasteiger partial charge in [-0.25, -0.2) is 19.5 Å². The van der Waals surface area contributed by atoms with Gasteiger partial charge in [-0.1, -0.05) is 43.5 Å². The molecule has 12 nitrogen and oxygen atoms in total. The molecule has 1 aromatic carbocycles. The van der Waals surface area contributed by atoms with Crippen molar-refractivity contribution in [2.24, 2.45) is 28.0 Å². The van der Waals surface area contributed by atoms with E-state index < -0.39 is 46.0 Å². The van der Waals surface area contributed by atoms with Crippen LogP contribution in [0.3, 0.4) is 0 Å². The zero-order chi connectivity index (χ0) is 37.0.